The summed E-state index contributed by atoms with van der Waals surface area (Å²) in [5.41, 5.74) is 7.68. The molecule has 12 heteroatoms. The maximum absolute atomic E-state index is 14.3. The Balaban J connectivity index is 1.46. The zero-order chi connectivity index (χ0) is 27.1. The van der Waals surface area contributed by atoms with Crippen LogP contribution in [-0.4, -0.2) is 83.7 Å². The van der Waals surface area contributed by atoms with Crippen LogP contribution < -0.4 is 25.6 Å². The third-order valence-electron chi connectivity index (χ3n) is 7.76. The van der Waals surface area contributed by atoms with E-state index in [0.29, 0.717) is 25.3 Å². The topological polar surface area (TPSA) is 121 Å². The summed E-state index contributed by atoms with van der Waals surface area (Å²) in [6, 6.07) is 7.54. The minimum Gasteiger partial charge on any atom is -0.483 e. The van der Waals surface area contributed by atoms with E-state index in [9.17, 15) is 14.0 Å². The Bertz CT molecular complexity index is 1410. The maximum Gasteiger partial charge on any atom is 0.258 e. The van der Waals surface area contributed by atoms with Gasteiger partial charge in [-0.1, -0.05) is 0 Å². The fourth-order valence-corrected chi connectivity index (χ4v) is 5.66. The van der Waals surface area contributed by atoms with E-state index in [4.69, 9.17) is 20.6 Å². The number of likely N-dealkylation sites (N-methyl/N-ethyl adjacent to an activating group) is 1. The fourth-order valence-electron chi connectivity index (χ4n) is 5.66. The first-order valence-corrected chi connectivity index (χ1v) is 13.5. The van der Waals surface area contributed by atoms with Gasteiger partial charge in [0.25, 0.3) is 11.8 Å². The molecule has 3 N–H and O–H groups in total. The third kappa shape index (κ3) is 4.96. The first kappa shape index (κ1) is 25.4. The van der Waals surface area contributed by atoms with E-state index in [0.717, 1.165) is 56.1 Å². The molecule has 3 aliphatic heterocycles. The number of amides is 2. The highest BCUT2D eigenvalue weighted by atomic mass is 19.1. The first-order valence-electron chi connectivity index (χ1n) is 13.5. The number of carbonyl (C=O) groups excluding carboxylic acids is 2. The van der Waals surface area contributed by atoms with Gasteiger partial charge in [-0.05, 0) is 43.9 Å². The van der Waals surface area contributed by atoms with E-state index in [2.05, 4.69) is 10.2 Å². The van der Waals surface area contributed by atoms with Gasteiger partial charge in [0.05, 0.1) is 17.3 Å². The van der Waals surface area contributed by atoms with Crippen molar-refractivity contribution in [1.82, 2.24) is 24.8 Å². The normalized spacial score (nSPS) is 22.6. The lowest BCUT2D eigenvalue weighted by atomic mass is 9.98. The molecule has 2 saturated heterocycles. The summed E-state index contributed by atoms with van der Waals surface area (Å²) < 4.78 is 21.8. The van der Waals surface area contributed by atoms with Crippen molar-refractivity contribution in [2.24, 2.45) is 5.73 Å². The molecule has 0 spiro atoms. The number of halogens is 1. The highest BCUT2D eigenvalue weighted by molar-refractivity contribution is 5.97. The Hall–Kier alpha value is -3.93. The summed E-state index contributed by atoms with van der Waals surface area (Å²) in [6.07, 6.45) is 3.39. The monoisotopic (exact) mass is 536 g/mol. The number of aromatic nitrogens is 3. The second-order valence-electron chi connectivity index (χ2n) is 10.5. The minimum absolute atomic E-state index is 0.0942. The molecule has 3 aliphatic rings. The van der Waals surface area contributed by atoms with Crippen molar-refractivity contribution in [2.45, 2.75) is 37.8 Å². The number of nitrogens with zero attached hydrogens (tertiary/aromatic N) is 6. The molecule has 0 saturated carbocycles. The molecule has 11 nitrogen and oxygen atoms in total. The minimum atomic E-state index is -0.545. The summed E-state index contributed by atoms with van der Waals surface area (Å²) in [4.78, 5) is 37.3. The molecule has 0 unspecified atom stereocenters. The number of fused-ring (bicyclic) bond motifs is 4. The van der Waals surface area contributed by atoms with Gasteiger partial charge >= 0.3 is 0 Å². The Morgan fingerprint density at radius 2 is 1.97 bits per heavy atom. The van der Waals surface area contributed by atoms with Gasteiger partial charge in [0.15, 0.2) is 12.3 Å². The molecular weight excluding hydrogens is 503 g/mol. The van der Waals surface area contributed by atoms with Crippen molar-refractivity contribution in [2.75, 3.05) is 56.2 Å². The van der Waals surface area contributed by atoms with Gasteiger partial charge in [0.1, 0.15) is 23.2 Å². The van der Waals surface area contributed by atoms with E-state index in [1.54, 1.807) is 9.42 Å². The van der Waals surface area contributed by atoms with Crippen molar-refractivity contribution < 1.29 is 18.7 Å². The summed E-state index contributed by atoms with van der Waals surface area (Å²) in [6.45, 7) is 2.67. The van der Waals surface area contributed by atoms with E-state index in [1.807, 2.05) is 24.1 Å². The van der Waals surface area contributed by atoms with Gasteiger partial charge in [-0.3, -0.25) is 9.59 Å². The Morgan fingerprint density at radius 3 is 2.79 bits per heavy atom. The number of carbonyl (C=O) groups is 2. The van der Waals surface area contributed by atoms with Crippen LogP contribution >= 0.6 is 0 Å². The zero-order valence-electron chi connectivity index (χ0n) is 22.0. The van der Waals surface area contributed by atoms with Crippen molar-refractivity contribution in [3.63, 3.8) is 0 Å². The first-order chi connectivity index (χ1) is 18.9. The average molecular weight is 537 g/mol. The van der Waals surface area contributed by atoms with Crippen molar-refractivity contribution in [3.05, 3.63) is 47.4 Å². The number of hydrogen-bond acceptors (Lipinski definition) is 8. The van der Waals surface area contributed by atoms with Crippen LogP contribution in [-0.2, 0) is 4.79 Å². The number of benzene rings is 1. The third-order valence-corrected chi connectivity index (χ3v) is 7.76. The number of rotatable bonds is 1. The lowest BCUT2D eigenvalue weighted by molar-refractivity contribution is -0.123. The van der Waals surface area contributed by atoms with Gasteiger partial charge in [0, 0.05) is 57.9 Å². The standard InChI is InChI=1S/C27H33FN8O3/c1-33-11-8-30-25(37)16-39-22-6-5-17(28)12-19(22)27(38)35-9-3-2-4-21(35)20-13-24-31-23(14-26(33)36(24)32-20)34-10-7-18(29)15-34/h5-6,12-14,18,21H,2-4,7-11,15-16,29H2,1H3,(H,30,37)/t18-,21-/m0/s1. The van der Waals surface area contributed by atoms with Crippen LogP contribution in [0.3, 0.4) is 0 Å². The van der Waals surface area contributed by atoms with Gasteiger partial charge in [-0.15, -0.1) is 0 Å². The molecule has 0 radical (unpaired) electrons. The predicted octanol–water partition coefficient (Wildman–Crippen LogP) is 1.72. The largest absolute Gasteiger partial charge is 0.483 e. The van der Waals surface area contributed by atoms with Gasteiger partial charge in [-0.25, -0.2) is 9.37 Å². The van der Waals surface area contributed by atoms with Crippen LogP contribution in [0.5, 0.6) is 5.75 Å². The number of nitrogens with one attached hydrogen (secondary N) is 1. The van der Waals surface area contributed by atoms with E-state index in [1.165, 1.54) is 18.2 Å². The zero-order valence-corrected chi connectivity index (χ0v) is 22.0. The Labute approximate surface area is 225 Å². The van der Waals surface area contributed by atoms with Crippen molar-refractivity contribution >= 4 is 29.1 Å². The molecule has 1 aromatic carbocycles. The Morgan fingerprint density at radius 1 is 1.10 bits per heavy atom. The lowest BCUT2D eigenvalue weighted by Gasteiger charge is -2.35. The maximum atomic E-state index is 14.3. The highest BCUT2D eigenvalue weighted by Gasteiger charge is 2.33. The van der Waals surface area contributed by atoms with Crippen LogP contribution in [0.4, 0.5) is 16.0 Å². The average Bonchev–Trinajstić information content (AvgIpc) is 3.57. The van der Waals surface area contributed by atoms with Crippen molar-refractivity contribution in [1.29, 1.82) is 0 Å². The Kier molecular flexibility index (Phi) is 6.71. The summed E-state index contributed by atoms with van der Waals surface area (Å²) >= 11 is 0. The second kappa shape index (κ2) is 10.3. The number of nitrogens with two attached hydrogens (primary N) is 1. The predicted molar refractivity (Wildman–Crippen MR) is 144 cm³/mol. The SMILES string of the molecule is CN1CCNC(=O)COc2ccc(F)cc2C(=O)N2CCCC[C@H]2c2cc3nc(N4CC[C@H](N)C4)cc1n3n2. The molecule has 206 valence electrons. The van der Waals surface area contributed by atoms with E-state index in [-0.39, 0.29) is 41.8 Å². The van der Waals surface area contributed by atoms with Gasteiger partial charge in [-0.2, -0.15) is 9.61 Å². The molecule has 6 rings (SSSR count). The molecule has 5 heterocycles. The van der Waals surface area contributed by atoms with Crippen LogP contribution in [0.1, 0.15) is 47.8 Å². The highest BCUT2D eigenvalue weighted by Crippen LogP contribution is 2.35. The molecule has 2 amide bonds. The molecule has 0 aliphatic carbocycles. The molecule has 2 atom stereocenters. The molecule has 2 aromatic heterocycles. The van der Waals surface area contributed by atoms with Crippen LogP contribution in [0.2, 0.25) is 0 Å². The quantitative estimate of drug-likeness (QED) is 0.482. The fraction of sp³-hybridized carbons (Fsp3) is 0.481. The van der Waals surface area contributed by atoms with Gasteiger partial charge in [0.2, 0.25) is 0 Å². The molecule has 2 fully saturated rings. The van der Waals surface area contributed by atoms with Crippen LogP contribution in [0, 0.1) is 5.82 Å². The van der Waals surface area contributed by atoms with Gasteiger partial charge < -0.3 is 30.5 Å². The van der Waals surface area contributed by atoms with E-state index < -0.39 is 5.82 Å². The van der Waals surface area contributed by atoms with Crippen molar-refractivity contribution in [3.8, 4) is 5.75 Å². The lowest BCUT2D eigenvalue weighted by Crippen LogP contribution is -2.39. The summed E-state index contributed by atoms with van der Waals surface area (Å²) in [7, 11) is 1.95. The molecule has 2 bridgehead atoms. The molecular formula is C27H33FN8O3. The summed E-state index contributed by atoms with van der Waals surface area (Å²) in [5.74, 6) is 0.591. The molecule has 3 aromatic rings. The summed E-state index contributed by atoms with van der Waals surface area (Å²) in [5, 5.41) is 7.80. The number of ether oxygens (including phenoxy) is 1. The van der Waals surface area contributed by atoms with Crippen LogP contribution in [0.25, 0.3) is 5.65 Å². The van der Waals surface area contributed by atoms with E-state index >= 15 is 0 Å². The molecule has 39 heavy (non-hydrogen) atoms. The number of anilines is 2. The number of hydrogen-bond donors (Lipinski definition) is 2. The smallest absolute Gasteiger partial charge is 0.258 e. The van der Waals surface area contributed by atoms with Crippen LogP contribution in [0.15, 0.2) is 30.3 Å². The number of piperidine rings is 1. The second-order valence-corrected chi connectivity index (χ2v) is 10.5.